The van der Waals surface area contributed by atoms with Crippen molar-refractivity contribution >= 4 is 33.5 Å². The van der Waals surface area contributed by atoms with Gasteiger partial charge in [-0.1, -0.05) is 45.4 Å². The molecule has 0 aliphatic rings. The monoisotopic (exact) mass is 418 g/mol. The van der Waals surface area contributed by atoms with Crippen LogP contribution in [0, 0.1) is 11.8 Å². The summed E-state index contributed by atoms with van der Waals surface area (Å²) in [5, 5.41) is 2.98. The summed E-state index contributed by atoms with van der Waals surface area (Å²) < 4.78 is 32.3. The SMILES string of the molecule is CC(C)[C@H](C)NC(=O)COC(=O)[C@@H](NS(=O)(=O)c1cccc(Cl)c1)C(C)C. The Balaban J connectivity index is 2.78. The molecular weight excluding hydrogens is 392 g/mol. The van der Waals surface area contributed by atoms with E-state index in [4.69, 9.17) is 16.3 Å². The molecule has 0 fully saturated rings. The van der Waals surface area contributed by atoms with Gasteiger partial charge in [-0.15, -0.1) is 0 Å². The lowest BCUT2D eigenvalue weighted by Gasteiger charge is -2.21. The predicted molar refractivity (Wildman–Crippen MR) is 104 cm³/mol. The number of esters is 1. The molecule has 0 saturated carbocycles. The van der Waals surface area contributed by atoms with Crippen molar-refractivity contribution in [3.05, 3.63) is 29.3 Å². The lowest BCUT2D eigenvalue weighted by Crippen LogP contribution is -2.46. The van der Waals surface area contributed by atoms with Gasteiger partial charge in [-0.3, -0.25) is 9.59 Å². The van der Waals surface area contributed by atoms with Crippen LogP contribution in [0.3, 0.4) is 0 Å². The number of amides is 1. The maximum absolute atomic E-state index is 12.5. The molecule has 0 heterocycles. The number of carbonyl (C=O) groups excluding carboxylic acids is 2. The number of sulfonamides is 1. The van der Waals surface area contributed by atoms with Gasteiger partial charge in [-0.25, -0.2) is 8.42 Å². The molecule has 1 amide bonds. The van der Waals surface area contributed by atoms with Crippen molar-refractivity contribution in [1.29, 1.82) is 0 Å². The molecule has 0 bridgehead atoms. The Hall–Kier alpha value is -1.64. The smallest absolute Gasteiger partial charge is 0.324 e. The van der Waals surface area contributed by atoms with Crippen molar-refractivity contribution in [3.63, 3.8) is 0 Å². The van der Waals surface area contributed by atoms with E-state index in [1.165, 1.54) is 18.2 Å². The molecule has 1 aromatic carbocycles. The first kappa shape index (κ1) is 23.4. The van der Waals surface area contributed by atoms with Gasteiger partial charge >= 0.3 is 5.97 Å². The van der Waals surface area contributed by atoms with Crippen molar-refractivity contribution in [2.75, 3.05) is 6.61 Å². The fourth-order valence-corrected chi connectivity index (χ4v) is 3.65. The van der Waals surface area contributed by atoms with Gasteiger partial charge in [0.1, 0.15) is 6.04 Å². The van der Waals surface area contributed by atoms with Crippen LogP contribution in [0.2, 0.25) is 5.02 Å². The van der Waals surface area contributed by atoms with Crippen LogP contribution in [0.1, 0.15) is 34.6 Å². The third-order valence-corrected chi connectivity index (χ3v) is 5.72. The van der Waals surface area contributed by atoms with Crippen molar-refractivity contribution in [2.45, 2.75) is 51.6 Å². The number of hydrogen-bond acceptors (Lipinski definition) is 5. The zero-order chi connectivity index (χ0) is 20.8. The predicted octanol–water partition coefficient (Wildman–Crippen LogP) is 2.35. The second-order valence-electron chi connectivity index (χ2n) is 7.01. The maximum Gasteiger partial charge on any atom is 0.324 e. The van der Waals surface area contributed by atoms with E-state index in [1.807, 2.05) is 20.8 Å². The van der Waals surface area contributed by atoms with Gasteiger partial charge in [0, 0.05) is 11.1 Å². The van der Waals surface area contributed by atoms with Gasteiger partial charge in [0.05, 0.1) is 4.90 Å². The fourth-order valence-electron chi connectivity index (χ4n) is 2.01. The van der Waals surface area contributed by atoms with Crippen LogP contribution < -0.4 is 10.0 Å². The Kier molecular flexibility index (Phi) is 8.71. The number of ether oxygens (including phenoxy) is 1. The normalized spacial score (nSPS) is 14.1. The highest BCUT2D eigenvalue weighted by molar-refractivity contribution is 7.89. The highest BCUT2D eigenvalue weighted by Gasteiger charge is 2.30. The van der Waals surface area contributed by atoms with E-state index in [9.17, 15) is 18.0 Å². The number of carbonyl (C=O) groups is 2. The summed E-state index contributed by atoms with van der Waals surface area (Å²) in [6.07, 6.45) is 0. The summed E-state index contributed by atoms with van der Waals surface area (Å²) in [6.45, 7) is 8.63. The minimum absolute atomic E-state index is 0.0584. The zero-order valence-electron chi connectivity index (χ0n) is 16.2. The summed E-state index contributed by atoms with van der Waals surface area (Å²) in [4.78, 5) is 24.1. The van der Waals surface area contributed by atoms with E-state index in [1.54, 1.807) is 19.9 Å². The van der Waals surface area contributed by atoms with Crippen LogP contribution in [-0.2, 0) is 24.3 Å². The van der Waals surface area contributed by atoms with Crippen molar-refractivity contribution in [3.8, 4) is 0 Å². The second kappa shape index (κ2) is 10.1. The first-order valence-corrected chi connectivity index (χ1v) is 10.5. The Morgan fingerprint density at radius 1 is 1.11 bits per heavy atom. The number of halogens is 1. The van der Waals surface area contributed by atoms with Gasteiger partial charge in [0.15, 0.2) is 6.61 Å². The molecule has 0 aliphatic carbocycles. The minimum Gasteiger partial charge on any atom is -0.454 e. The van der Waals surface area contributed by atoms with E-state index < -0.39 is 34.5 Å². The molecule has 27 heavy (non-hydrogen) atoms. The van der Waals surface area contributed by atoms with Crippen LogP contribution in [0.5, 0.6) is 0 Å². The third kappa shape index (κ3) is 7.48. The van der Waals surface area contributed by atoms with Gasteiger partial charge < -0.3 is 10.1 Å². The lowest BCUT2D eigenvalue weighted by molar-refractivity contribution is -0.151. The van der Waals surface area contributed by atoms with Crippen LogP contribution in [0.25, 0.3) is 0 Å². The highest BCUT2D eigenvalue weighted by Crippen LogP contribution is 2.17. The molecule has 0 aliphatic heterocycles. The number of hydrogen-bond donors (Lipinski definition) is 2. The first-order chi connectivity index (χ1) is 12.4. The summed E-state index contributed by atoms with van der Waals surface area (Å²) in [7, 11) is -3.98. The quantitative estimate of drug-likeness (QED) is 0.599. The lowest BCUT2D eigenvalue weighted by atomic mass is 10.1. The first-order valence-electron chi connectivity index (χ1n) is 8.68. The molecule has 7 nitrogen and oxygen atoms in total. The molecule has 152 valence electrons. The molecule has 0 radical (unpaired) electrons. The van der Waals surface area contributed by atoms with Crippen LogP contribution in [0.15, 0.2) is 29.2 Å². The van der Waals surface area contributed by atoms with E-state index in [-0.39, 0.29) is 27.8 Å². The van der Waals surface area contributed by atoms with E-state index in [0.29, 0.717) is 0 Å². The highest BCUT2D eigenvalue weighted by atomic mass is 35.5. The zero-order valence-corrected chi connectivity index (χ0v) is 17.7. The minimum atomic E-state index is -3.98. The van der Waals surface area contributed by atoms with E-state index in [2.05, 4.69) is 10.0 Å². The van der Waals surface area contributed by atoms with Crippen LogP contribution in [-0.4, -0.2) is 39.0 Å². The van der Waals surface area contributed by atoms with Gasteiger partial charge in [0.25, 0.3) is 5.91 Å². The topological polar surface area (TPSA) is 102 Å². The summed E-state index contributed by atoms with van der Waals surface area (Å²) >= 11 is 5.83. The molecule has 1 rings (SSSR count). The number of nitrogens with one attached hydrogen (secondary N) is 2. The van der Waals surface area contributed by atoms with Crippen molar-refractivity contribution < 1.29 is 22.7 Å². The van der Waals surface area contributed by atoms with E-state index in [0.717, 1.165) is 0 Å². The fraction of sp³-hybridized carbons (Fsp3) is 0.556. The molecule has 9 heteroatoms. The molecular formula is C18H27ClN2O5S. The van der Waals surface area contributed by atoms with Crippen LogP contribution in [0.4, 0.5) is 0 Å². The summed E-state index contributed by atoms with van der Waals surface area (Å²) in [5.74, 6) is -1.41. The Morgan fingerprint density at radius 3 is 2.26 bits per heavy atom. The van der Waals surface area contributed by atoms with E-state index >= 15 is 0 Å². The second-order valence-corrected chi connectivity index (χ2v) is 9.16. The Labute approximate surface area is 165 Å². The standard InChI is InChI=1S/C18H27ClN2O5S/c1-11(2)13(5)20-16(22)10-26-18(23)17(12(3)4)21-27(24,25)15-8-6-7-14(19)9-15/h6-9,11-13,17,21H,10H2,1-5H3,(H,20,22)/t13-,17-/m0/s1. The van der Waals surface area contributed by atoms with Gasteiger partial charge in [0.2, 0.25) is 10.0 Å². The average molecular weight is 419 g/mol. The largest absolute Gasteiger partial charge is 0.454 e. The number of benzene rings is 1. The molecule has 2 atom stereocenters. The summed E-state index contributed by atoms with van der Waals surface area (Å²) in [6, 6.07) is 4.50. The Morgan fingerprint density at radius 2 is 1.74 bits per heavy atom. The van der Waals surface area contributed by atoms with Crippen molar-refractivity contribution in [2.24, 2.45) is 11.8 Å². The molecule has 2 N–H and O–H groups in total. The molecule has 0 aromatic heterocycles. The Bertz CT molecular complexity index is 765. The van der Waals surface area contributed by atoms with Crippen molar-refractivity contribution in [1.82, 2.24) is 10.0 Å². The summed E-state index contributed by atoms with van der Waals surface area (Å²) in [5.41, 5.74) is 0. The maximum atomic E-state index is 12.5. The molecule has 0 saturated heterocycles. The third-order valence-electron chi connectivity index (χ3n) is 4.04. The van der Waals surface area contributed by atoms with Gasteiger partial charge in [-0.05, 0) is 37.0 Å². The molecule has 1 aromatic rings. The molecule has 0 unspecified atom stereocenters. The number of rotatable bonds is 9. The average Bonchev–Trinajstić information content (AvgIpc) is 2.57. The molecule has 0 spiro atoms. The van der Waals surface area contributed by atoms with Gasteiger partial charge in [-0.2, -0.15) is 4.72 Å². The van der Waals surface area contributed by atoms with Crippen LogP contribution >= 0.6 is 11.6 Å².